The number of carbonyl (C=O) groups is 1. The van der Waals surface area contributed by atoms with E-state index in [1.54, 1.807) is 12.1 Å². The summed E-state index contributed by atoms with van der Waals surface area (Å²) in [6.45, 7) is 4.02. The second-order valence-corrected chi connectivity index (χ2v) is 4.98. The molecule has 0 bridgehead atoms. The van der Waals surface area contributed by atoms with Crippen molar-refractivity contribution in [1.29, 1.82) is 0 Å². The summed E-state index contributed by atoms with van der Waals surface area (Å²) >= 11 is 0. The number of aromatic hydroxyl groups is 1. The molecule has 5 nitrogen and oxygen atoms in total. The third-order valence-electron chi connectivity index (χ3n) is 3.09. The highest BCUT2D eigenvalue weighted by Crippen LogP contribution is 2.30. The molecular formula is C17H18O5. The number of benzene rings is 2. The minimum atomic E-state index is -0.863. The first-order chi connectivity index (χ1) is 10.5. The highest BCUT2D eigenvalue weighted by molar-refractivity contribution is 5.68. The summed E-state index contributed by atoms with van der Waals surface area (Å²) in [4.78, 5) is 11.9. The fourth-order valence-corrected chi connectivity index (χ4v) is 1.99. The number of phenols is 1. The molecule has 2 aromatic rings. The smallest absolute Gasteiger partial charge is 0.504 e. The fraction of sp³-hybridized carbons (Fsp3) is 0.235. The molecule has 0 spiro atoms. The van der Waals surface area contributed by atoms with Crippen LogP contribution in [0.4, 0.5) is 4.79 Å². The van der Waals surface area contributed by atoms with Crippen LogP contribution in [0.15, 0.2) is 42.5 Å². The standard InChI is InChI=1S/C17H18O5/c1-11(2)13-6-4-5-7-15(13)22-17(19)21-12-8-9-16(20-3)14(18)10-12/h4-11,18H,1-3H3. The molecule has 0 unspecified atom stereocenters. The average Bonchev–Trinajstić information content (AvgIpc) is 2.47. The van der Waals surface area contributed by atoms with Crippen molar-refractivity contribution < 1.29 is 24.1 Å². The number of carbonyl (C=O) groups excluding carboxylic acids is 1. The Morgan fingerprint density at radius 3 is 2.41 bits per heavy atom. The van der Waals surface area contributed by atoms with E-state index in [0.29, 0.717) is 11.5 Å². The van der Waals surface area contributed by atoms with Crippen LogP contribution < -0.4 is 14.2 Å². The first kappa shape index (κ1) is 15.7. The van der Waals surface area contributed by atoms with E-state index in [0.717, 1.165) is 5.56 Å². The van der Waals surface area contributed by atoms with Crippen LogP contribution >= 0.6 is 0 Å². The fourth-order valence-electron chi connectivity index (χ4n) is 1.99. The van der Waals surface area contributed by atoms with Crippen LogP contribution in [0.3, 0.4) is 0 Å². The van der Waals surface area contributed by atoms with Crippen molar-refractivity contribution in [3.63, 3.8) is 0 Å². The monoisotopic (exact) mass is 302 g/mol. The maximum absolute atomic E-state index is 11.9. The summed E-state index contributed by atoms with van der Waals surface area (Å²) in [7, 11) is 1.44. The third kappa shape index (κ3) is 3.69. The molecule has 0 heterocycles. The lowest BCUT2D eigenvalue weighted by molar-refractivity contribution is 0.151. The van der Waals surface area contributed by atoms with Crippen LogP contribution in [0.2, 0.25) is 0 Å². The molecule has 22 heavy (non-hydrogen) atoms. The lowest BCUT2D eigenvalue weighted by Gasteiger charge is -2.12. The van der Waals surface area contributed by atoms with E-state index in [-0.39, 0.29) is 17.4 Å². The van der Waals surface area contributed by atoms with Gasteiger partial charge in [0, 0.05) is 6.07 Å². The molecule has 2 rings (SSSR count). The average molecular weight is 302 g/mol. The van der Waals surface area contributed by atoms with Crippen molar-refractivity contribution in [3.05, 3.63) is 48.0 Å². The van der Waals surface area contributed by atoms with Crippen molar-refractivity contribution in [2.24, 2.45) is 0 Å². The van der Waals surface area contributed by atoms with Crippen LogP contribution in [0.5, 0.6) is 23.0 Å². The first-order valence-electron chi connectivity index (χ1n) is 6.87. The van der Waals surface area contributed by atoms with Gasteiger partial charge in [-0.25, -0.2) is 4.79 Å². The van der Waals surface area contributed by atoms with Gasteiger partial charge in [-0.2, -0.15) is 0 Å². The molecular weight excluding hydrogens is 284 g/mol. The van der Waals surface area contributed by atoms with Gasteiger partial charge < -0.3 is 19.3 Å². The highest BCUT2D eigenvalue weighted by Gasteiger charge is 2.14. The van der Waals surface area contributed by atoms with Crippen molar-refractivity contribution >= 4 is 6.16 Å². The van der Waals surface area contributed by atoms with E-state index in [2.05, 4.69) is 0 Å². The summed E-state index contributed by atoms with van der Waals surface area (Å²) in [6.07, 6.45) is -0.863. The number of phenolic OH excluding ortho intramolecular Hbond substituents is 1. The topological polar surface area (TPSA) is 65.0 Å². The third-order valence-corrected chi connectivity index (χ3v) is 3.09. The molecule has 0 saturated carbocycles. The molecule has 2 aromatic carbocycles. The van der Waals surface area contributed by atoms with E-state index >= 15 is 0 Å². The van der Waals surface area contributed by atoms with Crippen molar-refractivity contribution in [2.45, 2.75) is 19.8 Å². The Balaban J connectivity index is 2.09. The van der Waals surface area contributed by atoms with Gasteiger partial charge in [-0.15, -0.1) is 0 Å². The molecule has 5 heteroatoms. The predicted molar refractivity (Wildman–Crippen MR) is 81.8 cm³/mol. The van der Waals surface area contributed by atoms with E-state index in [4.69, 9.17) is 14.2 Å². The lowest BCUT2D eigenvalue weighted by atomic mass is 10.0. The van der Waals surface area contributed by atoms with Gasteiger partial charge in [0.05, 0.1) is 7.11 Å². The number of rotatable bonds is 4. The van der Waals surface area contributed by atoms with Crippen LogP contribution in [-0.2, 0) is 0 Å². The SMILES string of the molecule is COc1ccc(OC(=O)Oc2ccccc2C(C)C)cc1O. The van der Waals surface area contributed by atoms with Gasteiger partial charge in [-0.05, 0) is 29.7 Å². The van der Waals surface area contributed by atoms with E-state index in [9.17, 15) is 9.90 Å². The van der Waals surface area contributed by atoms with Gasteiger partial charge in [0.2, 0.25) is 0 Å². The minimum absolute atomic E-state index is 0.115. The predicted octanol–water partition coefficient (Wildman–Crippen LogP) is 4.10. The maximum atomic E-state index is 11.9. The second kappa shape index (κ2) is 6.85. The zero-order valence-corrected chi connectivity index (χ0v) is 12.7. The van der Waals surface area contributed by atoms with E-state index < -0.39 is 6.16 Å². The zero-order valence-electron chi connectivity index (χ0n) is 12.7. The summed E-state index contributed by atoms with van der Waals surface area (Å²) in [5.41, 5.74) is 0.914. The van der Waals surface area contributed by atoms with Gasteiger partial charge in [0.15, 0.2) is 11.5 Å². The Morgan fingerprint density at radius 1 is 1.05 bits per heavy atom. The number of methoxy groups -OCH3 is 1. The second-order valence-electron chi connectivity index (χ2n) is 4.98. The molecule has 116 valence electrons. The highest BCUT2D eigenvalue weighted by atomic mass is 16.7. The molecule has 0 atom stereocenters. The van der Waals surface area contributed by atoms with E-state index in [1.807, 2.05) is 26.0 Å². The molecule has 0 amide bonds. The van der Waals surface area contributed by atoms with Gasteiger partial charge in [0.25, 0.3) is 0 Å². The molecule has 0 aliphatic carbocycles. The maximum Gasteiger partial charge on any atom is 0.519 e. The Hall–Kier alpha value is -2.69. The molecule has 0 aromatic heterocycles. The summed E-state index contributed by atoms with van der Waals surface area (Å²) in [6, 6.07) is 11.6. The Labute approximate surface area is 129 Å². The minimum Gasteiger partial charge on any atom is -0.504 e. The quantitative estimate of drug-likeness (QED) is 0.680. The number of hydrogen-bond donors (Lipinski definition) is 1. The Kier molecular flexibility index (Phi) is 4.88. The molecule has 0 aliphatic rings. The summed E-state index contributed by atoms with van der Waals surface area (Å²) in [5, 5.41) is 9.65. The van der Waals surface area contributed by atoms with Crippen LogP contribution in [0, 0.1) is 0 Å². The van der Waals surface area contributed by atoms with Crippen LogP contribution in [-0.4, -0.2) is 18.4 Å². The van der Waals surface area contributed by atoms with Crippen molar-refractivity contribution in [2.75, 3.05) is 7.11 Å². The first-order valence-corrected chi connectivity index (χ1v) is 6.87. The normalized spacial score (nSPS) is 10.4. The Bertz CT molecular complexity index is 664. The Morgan fingerprint density at radius 2 is 1.77 bits per heavy atom. The van der Waals surface area contributed by atoms with Crippen LogP contribution in [0.1, 0.15) is 25.3 Å². The zero-order chi connectivity index (χ0) is 16.1. The number of hydrogen-bond acceptors (Lipinski definition) is 5. The number of para-hydroxylation sites is 1. The summed E-state index contributed by atoms with van der Waals surface area (Å²) < 4.78 is 15.2. The molecule has 1 N–H and O–H groups in total. The van der Waals surface area contributed by atoms with Crippen LogP contribution in [0.25, 0.3) is 0 Å². The molecule has 0 fully saturated rings. The summed E-state index contributed by atoms with van der Waals surface area (Å²) in [5.74, 6) is 1.03. The molecule has 0 aliphatic heterocycles. The largest absolute Gasteiger partial charge is 0.519 e. The molecule has 0 radical (unpaired) electrons. The number of ether oxygens (including phenoxy) is 3. The lowest BCUT2D eigenvalue weighted by Crippen LogP contribution is -2.15. The van der Waals surface area contributed by atoms with Crippen molar-refractivity contribution in [3.8, 4) is 23.0 Å². The van der Waals surface area contributed by atoms with Gasteiger partial charge in [-0.1, -0.05) is 32.0 Å². The van der Waals surface area contributed by atoms with E-state index in [1.165, 1.54) is 25.3 Å². The molecule has 0 saturated heterocycles. The van der Waals surface area contributed by atoms with Gasteiger partial charge >= 0.3 is 6.16 Å². The van der Waals surface area contributed by atoms with Crippen molar-refractivity contribution in [1.82, 2.24) is 0 Å². The van der Waals surface area contributed by atoms with Gasteiger partial charge in [0.1, 0.15) is 11.5 Å². The van der Waals surface area contributed by atoms with Gasteiger partial charge in [-0.3, -0.25) is 0 Å².